The Morgan fingerprint density at radius 2 is 1.86 bits per heavy atom. The number of hydrogen-bond acceptors (Lipinski definition) is 2. The van der Waals surface area contributed by atoms with E-state index in [0.717, 1.165) is 25.1 Å². The van der Waals surface area contributed by atoms with Crippen molar-refractivity contribution in [2.75, 3.05) is 0 Å². The molecule has 0 fully saturated rings. The van der Waals surface area contributed by atoms with Crippen LogP contribution in [0.4, 0.5) is 0 Å². The standard InChI is InChI=1S/C18H17N3/c1-13-2-4-14(5-3-13)9-21-10-16-7-6-15-8-19-12-20-18(15)17(16)11-21/h2-5,8,10-12H,6-7,9H2,1H3. The Bertz CT molecular complexity index is 784. The largest absolute Gasteiger partial charge is 0.349 e. The van der Waals surface area contributed by atoms with Gasteiger partial charge in [-0.25, -0.2) is 9.97 Å². The molecule has 0 bridgehead atoms. The summed E-state index contributed by atoms with van der Waals surface area (Å²) in [6.07, 6.45) is 10.2. The molecule has 0 N–H and O–H groups in total. The number of nitrogens with zero attached hydrogens (tertiary/aromatic N) is 3. The highest BCUT2D eigenvalue weighted by Crippen LogP contribution is 2.32. The minimum Gasteiger partial charge on any atom is -0.349 e. The van der Waals surface area contributed by atoms with Crippen LogP contribution in [0.1, 0.15) is 22.3 Å². The molecule has 3 heteroatoms. The molecular weight excluding hydrogens is 258 g/mol. The van der Waals surface area contributed by atoms with Gasteiger partial charge in [-0.15, -0.1) is 0 Å². The Balaban J connectivity index is 1.68. The van der Waals surface area contributed by atoms with Gasteiger partial charge in [0.15, 0.2) is 0 Å². The molecule has 4 rings (SSSR count). The monoisotopic (exact) mass is 275 g/mol. The second kappa shape index (κ2) is 4.85. The van der Waals surface area contributed by atoms with Crippen LogP contribution in [0.15, 0.2) is 49.2 Å². The van der Waals surface area contributed by atoms with Crippen LogP contribution < -0.4 is 0 Å². The Morgan fingerprint density at radius 3 is 2.71 bits per heavy atom. The van der Waals surface area contributed by atoms with Crippen molar-refractivity contribution in [2.24, 2.45) is 0 Å². The van der Waals surface area contributed by atoms with Crippen molar-refractivity contribution in [3.05, 3.63) is 71.4 Å². The van der Waals surface area contributed by atoms with Gasteiger partial charge in [0.25, 0.3) is 0 Å². The Kier molecular flexibility index (Phi) is 2.85. The molecule has 1 aliphatic rings. The van der Waals surface area contributed by atoms with Crippen LogP contribution in [0.3, 0.4) is 0 Å². The van der Waals surface area contributed by atoms with Gasteiger partial charge in [-0.05, 0) is 36.5 Å². The van der Waals surface area contributed by atoms with Crippen LogP contribution in [0.25, 0.3) is 11.3 Å². The molecule has 3 nitrogen and oxygen atoms in total. The summed E-state index contributed by atoms with van der Waals surface area (Å²) in [7, 11) is 0. The van der Waals surface area contributed by atoms with Gasteiger partial charge in [-0.2, -0.15) is 0 Å². The third-order valence-corrected chi connectivity index (χ3v) is 4.16. The van der Waals surface area contributed by atoms with E-state index in [1.807, 2.05) is 6.20 Å². The second-order valence-corrected chi connectivity index (χ2v) is 5.75. The summed E-state index contributed by atoms with van der Waals surface area (Å²) in [5.74, 6) is 0. The average molecular weight is 275 g/mol. The Morgan fingerprint density at radius 1 is 1.05 bits per heavy atom. The van der Waals surface area contributed by atoms with E-state index in [-0.39, 0.29) is 0 Å². The summed E-state index contributed by atoms with van der Waals surface area (Å²) < 4.78 is 2.27. The molecule has 1 aromatic carbocycles. The first-order valence-electron chi connectivity index (χ1n) is 7.33. The van der Waals surface area contributed by atoms with Gasteiger partial charge in [-0.3, -0.25) is 0 Å². The van der Waals surface area contributed by atoms with Crippen LogP contribution >= 0.6 is 0 Å². The smallest absolute Gasteiger partial charge is 0.116 e. The first kappa shape index (κ1) is 12.3. The number of rotatable bonds is 2. The van der Waals surface area contributed by atoms with E-state index in [2.05, 4.69) is 58.1 Å². The van der Waals surface area contributed by atoms with Gasteiger partial charge < -0.3 is 4.57 Å². The van der Waals surface area contributed by atoms with Gasteiger partial charge in [0.05, 0.1) is 5.69 Å². The summed E-state index contributed by atoms with van der Waals surface area (Å²) in [6, 6.07) is 8.73. The summed E-state index contributed by atoms with van der Waals surface area (Å²) in [4.78, 5) is 8.60. The first-order valence-corrected chi connectivity index (χ1v) is 7.33. The van der Waals surface area contributed by atoms with Crippen molar-refractivity contribution in [1.29, 1.82) is 0 Å². The number of benzene rings is 1. The highest BCUT2D eigenvalue weighted by Gasteiger charge is 2.19. The molecule has 0 aliphatic heterocycles. The van der Waals surface area contributed by atoms with E-state index in [0.29, 0.717) is 0 Å². The highest BCUT2D eigenvalue weighted by molar-refractivity contribution is 5.68. The molecule has 0 saturated heterocycles. The van der Waals surface area contributed by atoms with Crippen molar-refractivity contribution in [1.82, 2.24) is 14.5 Å². The van der Waals surface area contributed by atoms with Gasteiger partial charge in [0.2, 0.25) is 0 Å². The number of aromatic nitrogens is 3. The topological polar surface area (TPSA) is 30.7 Å². The zero-order valence-corrected chi connectivity index (χ0v) is 12.1. The van der Waals surface area contributed by atoms with E-state index < -0.39 is 0 Å². The molecule has 2 aromatic heterocycles. The van der Waals surface area contributed by atoms with Crippen LogP contribution in [-0.2, 0) is 19.4 Å². The highest BCUT2D eigenvalue weighted by atomic mass is 14.9. The van der Waals surface area contributed by atoms with E-state index in [4.69, 9.17) is 0 Å². The van der Waals surface area contributed by atoms with E-state index in [9.17, 15) is 0 Å². The number of hydrogen-bond donors (Lipinski definition) is 0. The molecule has 0 unspecified atom stereocenters. The lowest BCUT2D eigenvalue weighted by Crippen LogP contribution is -2.03. The number of aryl methyl sites for hydroxylation is 3. The lowest BCUT2D eigenvalue weighted by Gasteiger charge is -2.13. The molecule has 0 spiro atoms. The average Bonchev–Trinajstić information content (AvgIpc) is 2.92. The lowest BCUT2D eigenvalue weighted by atomic mass is 9.93. The predicted octanol–water partition coefficient (Wildman–Crippen LogP) is 3.40. The third-order valence-electron chi connectivity index (χ3n) is 4.16. The SMILES string of the molecule is Cc1ccc(Cn2cc3c(c2)-c2ncncc2CC3)cc1. The fourth-order valence-electron chi connectivity index (χ4n) is 3.02. The molecule has 0 radical (unpaired) electrons. The fourth-order valence-corrected chi connectivity index (χ4v) is 3.02. The van der Waals surface area contributed by atoms with Gasteiger partial charge >= 0.3 is 0 Å². The summed E-state index contributed by atoms with van der Waals surface area (Å²) >= 11 is 0. The van der Waals surface area contributed by atoms with Crippen LogP contribution in [0, 0.1) is 6.92 Å². The maximum Gasteiger partial charge on any atom is 0.116 e. The minimum atomic E-state index is 0.910. The van der Waals surface area contributed by atoms with Crippen LogP contribution in [-0.4, -0.2) is 14.5 Å². The molecule has 21 heavy (non-hydrogen) atoms. The molecule has 0 amide bonds. The molecule has 104 valence electrons. The van der Waals surface area contributed by atoms with Crippen LogP contribution in [0.5, 0.6) is 0 Å². The quantitative estimate of drug-likeness (QED) is 0.717. The van der Waals surface area contributed by atoms with E-state index in [1.165, 1.54) is 27.8 Å². The van der Waals surface area contributed by atoms with Gasteiger partial charge in [0.1, 0.15) is 6.33 Å². The van der Waals surface area contributed by atoms with Crippen molar-refractivity contribution >= 4 is 0 Å². The van der Waals surface area contributed by atoms with Crippen molar-refractivity contribution in [3.63, 3.8) is 0 Å². The minimum absolute atomic E-state index is 0.910. The predicted molar refractivity (Wildman–Crippen MR) is 83.1 cm³/mol. The Labute approximate surface area is 124 Å². The third kappa shape index (κ3) is 2.25. The zero-order chi connectivity index (χ0) is 14.2. The van der Waals surface area contributed by atoms with Gasteiger partial charge in [0, 0.05) is 30.7 Å². The lowest BCUT2D eigenvalue weighted by molar-refractivity contribution is 0.800. The second-order valence-electron chi connectivity index (χ2n) is 5.75. The summed E-state index contributed by atoms with van der Waals surface area (Å²) in [6.45, 7) is 3.03. The fraction of sp³-hybridized carbons (Fsp3) is 0.222. The molecular formula is C18H17N3. The number of fused-ring (bicyclic) bond motifs is 3. The first-order chi connectivity index (χ1) is 10.3. The maximum atomic E-state index is 4.47. The van der Waals surface area contributed by atoms with E-state index >= 15 is 0 Å². The molecule has 1 aliphatic carbocycles. The zero-order valence-electron chi connectivity index (χ0n) is 12.1. The molecule has 3 aromatic rings. The maximum absolute atomic E-state index is 4.47. The van der Waals surface area contributed by atoms with E-state index in [1.54, 1.807) is 6.33 Å². The molecule has 2 heterocycles. The molecule has 0 saturated carbocycles. The van der Waals surface area contributed by atoms with Crippen LogP contribution in [0.2, 0.25) is 0 Å². The normalized spacial score (nSPS) is 12.8. The van der Waals surface area contributed by atoms with Crippen molar-refractivity contribution in [3.8, 4) is 11.3 Å². The van der Waals surface area contributed by atoms with Gasteiger partial charge in [-0.1, -0.05) is 29.8 Å². The Hall–Kier alpha value is -2.42. The van der Waals surface area contributed by atoms with Crippen molar-refractivity contribution < 1.29 is 0 Å². The summed E-state index contributed by atoms with van der Waals surface area (Å²) in [5.41, 5.74) is 7.66. The van der Waals surface area contributed by atoms with Crippen molar-refractivity contribution in [2.45, 2.75) is 26.3 Å². The molecule has 0 atom stereocenters. The summed E-state index contributed by atoms with van der Waals surface area (Å²) in [5, 5.41) is 0.